The normalized spacial score (nSPS) is 12.3. The van der Waals surface area contributed by atoms with Gasteiger partial charge in [-0.05, 0) is 29.0 Å². The second kappa shape index (κ2) is 8.09. The molecule has 3 nitrogen and oxygen atoms in total. The van der Waals surface area contributed by atoms with Crippen molar-refractivity contribution in [1.29, 1.82) is 5.26 Å². The van der Waals surface area contributed by atoms with E-state index < -0.39 is 17.7 Å². The first-order chi connectivity index (χ1) is 12.2. The maximum atomic E-state index is 13.8. The van der Waals surface area contributed by atoms with Gasteiger partial charge in [-0.25, -0.2) is 8.78 Å². The van der Waals surface area contributed by atoms with Gasteiger partial charge in [0.2, 0.25) is 5.91 Å². The molecular weight excluding hydrogens is 334 g/mol. The van der Waals surface area contributed by atoms with Crippen LogP contribution in [0.5, 0.6) is 0 Å². The van der Waals surface area contributed by atoms with E-state index in [0.29, 0.717) is 12.5 Å². The second-order valence-electron chi connectivity index (χ2n) is 7.24. The SMILES string of the molecule is CC(C)(C)c1ccc(CCC(=O)NC(C#N)c2ccc(F)cc2F)cc1. The third kappa shape index (κ3) is 5.13. The molecule has 136 valence electrons. The van der Waals surface area contributed by atoms with Gasteiger partial charge in [-0.3, -0.25) is 4.79 Å². The van der Waals surface area contributed by atoms with Gasteiger partial charge in [-0.2, -0.15) is 5.26 Å². The molecule has 0 spiro atoms. The molecule has 0 saturated heterocycles. The number of nitrogens with zero attached hydrogens (tertiary/aromatic N) is 1. The summed E-state index contributed by atoms with van der Waals surface area (Å²) in [5.74, 6) is -1.94. The average molecular weight is 356 g/mol. The van der Waals surface area contributed by atoms with Gasteiger partial charge in [0.05, 0.1) is 6.07 Å². The third-order valence-electron chi connectivity index (χ3n) is 4.17. The van der Waals surface area contributed by atoms with Gasteiger partial charge in [0.15, 0.2) is 0 Å². The predicted molar refractivity (Wildman–Crippen MR) is 96.3 cm³/mol. The fourth-order valence-electron chi connectivity index (χ4n) is 2.58. The summed E-state index contributed by atoms with van der Waals surface area (Å²) in [4.78, 5) is 12.1. The van der Waals surface area contributed by atoms with E-state index in [0.717, 1.165) is 11.6 Å². The van der Waals surface area contributed by atoms with Crippen LogP contribution >= 0.6 is 0 Å². The van der Waals surface area contributed by atoms with E-state index in [2.05, 4.69) is 26.1 Å². The van der Waals surface area contributed by atoms with Crippen LogP contribution in [0.1, 0.15) is 49.9 Å². The summed E-state index contributed by atoms with van der Waals surface area (Å²) in [7, 11) is 0. The Morgan fingerprint density at radius 3 is 2.35 bits per heavy atom. The molecule has 1 atom stereocenters. The molecule has 1 unspecified atom stereocenters. The van der Waals surface area contributed by atoms with Gasteiger partial charge < -0.3 is 5.32 Å². The maximum absolute atomic E-state index is 13.8. The van der Waals surface area contributed by atoms with Crippen molar-refractivity contribution in [3.05, 3.63) is 70.8 Å². The highest BCUT2D eigenvalue weighted by Gasteiger charge is 2.18. The van der Waals surface area contributed by atoms with Gasteiger partial charge in [0.25, 0.3) is 0 Å². The highest BCUT2D eigenvalue weighted by Crippen LogP contribution is 2.22. The molecule has 0 saturated carbocycles. The number of carbonyl (C=O) groups is 1. The van der Waals surface area contributed by atoms with E-state index >= 15 is 0 Å². The maximum Gasteiger partial charge on any atom is 0.221 e. The molecule has 0 aliphatic heterocycles. The summed E-state index contributed by atoms with van der Waals surface area (Å²) in [5, 5.41) is 11.7. The first-order valence-electron chi connectivity index (χ1n) is 8.44. The Balaban J connectivity index is 1.96. The Bertz CT molecular complexity index is 817. The van der Waals surface area contributed by atoms with Crippen molar-refractivity contribution in [3.63, 3.8) is 0 Å². The van der Waals surface area contributed by atoms with E-state index in [1.165, 1.54) is 11.6 Å². The molecule has 1 N–H and O–H groups in total. The number of hydrogen-bond donors (Lipinski definition) is 1. The summed E-state index contributed by atoms with van der Waals surface area (Å²) >= 11 is 0. The van der Waals surface area contributed by atoms with Gasteiger partial charge in [0, 0.05) is 18.1 Å². The smallest absolute Gasteiger partial charge is 0.221 e. The molecule has 0 bridgehead atoms. The van der Waals surface area contributed by atoms with E-state index in [1.807, 2.05) is 30.3 Å². The molecule has 0 aliphatic carbocycles. The fraction of sp³-hybridized carbons (Fsp3) is 0.333. The van der Waals surface area contributed by atoms with Crippen molar-refractivity contribution in [2.24, 2.45) is 0 Å². The lowest BCUT2D eigenvalue weighted by atomic mass is 9.86. The van der Waals surface area contributed by atoms with Gasteiger partial charge in [-0.15, -0.1) is 0 Å². The molecule has 2 aromatic rings. The van der Waals surface area contributed by atoms with Gasteiger partial charge >= 0.3 is 0 Å². The van der Waals surface area contributed by atoms with Crippen molar-refractivity contribution in [1.82, 2.24) is 5.32 Å². The van der Waals surface area contributed by atoms with Crippen molar-refractivity contribution < 1.29 is 13.6 Å². The van der Waals surface area contributed by atoms with Crippen LogP contribution in [0.25, 0.3) is 0 Å². The van der Waals surface area contributed by atoms with Crippen molar-refractivity contribution in [3.8, 4) is 6.07 Å². The first kappa shape index (κ1) is 19.6. The quantitative estimate of drug-likeness (QED) is 0.853. The summed E-state index contributed by atoms with van der Waals surface area (Å²) in [6.45, 7) is 6.39. The summed E-state index contributed by atoms with van der Waals surface area (Å²) in [6.07, 6.45) is 0.691. The van der Waals surface area contributed by atoms with Crippen molar-refractivity contribution >= 4 is 5.91 Å². The lowest BCUT2D eigenvalue weighted by molar-refractivity contribution is -0.121. The van der Waals surface area contributed by atoms with Crippen LogP contribution < -0.4 is 5.32 Å². The number of aryl methyl sites for hydroxylation is 1. The molecule has 0 aromatic heterocycles. The largest absolute Gasteiger partial charge is 0.337 e. The van der Waals surface area contributed by atoms with Gasteiger partial charge in [-0.1, -0.05) is 51.1 Å². The van der Waals surface area contributed by atoms with E-state index in [9.17, 15) is 18.8 Å². The lowest BCUT2D eigenvalue weighted by Gasteiger charge is -2.19. The third-order valence-corrected chi connectivity index (χ3v) is 4.17. The summed E-state index contributed by atoms with van der Waals surface area (Å²) in [6, 6.07) is 11.7. The van der Waals surface area contributed by atoms with Crippen molar-refractivity contribution in [2.45, 2.75) is 45.1 Å². The molecule has 0 radical (unpaired) electrons. The molecular formula is C21H22F2N2O. The molecule has 2 aromatic carbocycles. The van der Waals surface area contributed by atoms with Gasteiger partial charge in [0.1, 0.15) is 17.7 Å². The zero-order chi connectivity index (χ0) is 19.3. The number of rotatable bonds is 5. The Labute approximate surface area is 152 Å². The highest BCUT2D eigenvalue weighted by atomic mass is 19.1. The second-order valence-corrected chi connectivity index (χ2v) is 7.24. The number of halogens is 2. The molecule has 2 rings (SSSR count). The van der Waals surface area contributed by atoms with E-state index in [1.54, 1.807) is 0 Å². The van der Waals surface area contributed by atoms with Crippen LogP contribution in [0.3, 0.4) is 0 Å². The fourth-order valence-corrected chi connectivity index (χ4v) is 2.58. The van der Waals surface area contributed by atoms with Crippen LogP contribution in [0, 0.1) is 23.0 Å². The van der Waals surface area contributed by atoms with Crippen LogP contribution in [0.15, 0.2) is 42.5 Å². The molecule has 0 aliphatic rings. The van der Waals surface area contributed by atoms with Crippen LogP contribution in [0.2, 0.25) is 0 Å². The number of benzene rings is 2. The first-order valence-corrected chi connectivity index (χ1v) is 8.44. The monoisotopic (exact) mass is 356 g/mol. The minimum atomic E-state index is -1.15. The lowest BCUT2D eigenvalue weighted by Crippen LogP contribution is -2.28. The minimum Gasteiger partial charge on any atom is -0.337 e. The van der Waals surface area contributed by atoms with E-state index in [-0.39, 0.29) is 23.3 Å². The summed E-state index contributed by atoms with van der Waals surface area (Å²) in [5.41, 5.74) is 2.24. The molecule has 0 heterocycles. The van der Waals surface area contributed by atoms with Crippen LogP contribution in [0.4, 0.5) is 8.78 Å². The topological polar surface area (TPSA) is 52.9 Å². The Morgan fingerprint density at radius 1 is 1.15 bits per heavy atom. The number of nitriles is 1. The summed E-state index contributed by atoms with van der Waals surface area (Å²) < 4.78 is 26.8. The molecule has 26 heavy (non-hydrogen) atoms. The number of amides is 1. The molecule has 5 heteroatoms. The van der Waals surface area contributed by atoms with Crippen LogP contribution in [-0.2, 0) is 16.6 Å². The Morgan fingerprint density at radius 2 is 1.81 bits per heavy atom. The molecule has 0 fully saturated rings. The number of nitrogens with one attached hydrogen (secondary N) is 1. The standard InChI is InChI=1S/C21H22F2N2O/c1-21(2,3)15-7-4-14(5-8-15)6-11-20(26)25-19(13-24)17-10-9-16(22)12-18(17)23/h4-5,7-10,12,19H,6,11H2,1-3H3,(H,25,26). The predicted octanol–water partition coefficient (Wildman–Crippen LogP) is 4.58. The minimum absolute atomic E-state index is 0.0446. The van der Waals surface area contributed by atoms with Crippen molar-refractivity contribution in [2.75, 3.05) is 0 Å². The Hall–Kier alpha value is -2.74. The van der Waals surface area contributed by atoms with E-state index in [4.69, 9.17) is 0 Å². The number of hydrogen-bond acceptors (Lipinski definition) is 2. The average Bonchev–Trinajstić information content (AvgIpc) is 2.58. The highest BCUT2D eigenvalue weighted by molar-refractivity contribution is 5.77. The molecule has 1 amide bonds. The number of carbonyl (C=O) groups excluding carboxylic acids is 1. The van der Waals surface area contributed by atoms with Crippen LogP contribution in [-0.4, -0.2) is 5.91 Å². The zero-order valence-electron chi connectivity index (χ0n) is 15.1. The Kier molecular flexibility index (Phi) is 6.10. The zero-order valence-corrected chi connectivity index (χ0v) is 15.1.